The first-order valence-electron chi connectivity index (χ1n) is 7.67. The molecule has 0 fully saturated rings. The number of esters is 1. The molecule has 0 aliphatic carbocycles. The Hall–Kier alpha value is -2.85. The van der Waals surface area contributed by atoms with Crippen LogP contribution in [0.5, 0.6) is 5.75 Å². The maximum Gasteiger partial charge on any atom is 0.335 e. The minimum absolute atomic E-state index is 0.0988. The van der Waals surface area contributed by atoms with Gasteiger partial charge in [-0.05, 0) is 36.4 Å². The van der Waals surface area contributed by atoms with Crippen molar-refractivity contribution in [2.24, 2.45) is 0 Å². The van der Waals surface area contributed by atoms with Gasteiger partial charge in [-0.25, -0.2) is 9.18 Å². The van der Waals surface area contributed by atoms with E-state index in [9.17, 15) is 9.18 Å². The summed E-state index contributed by atoms with van der Waals surface area (Å²) in [5.41, 5.74) is 0. The topological polar surface area (TPSA) is 26.3 Å². The van der Waals surface area contributed by atoms with Crippen LogP contribution in [0.1, 0.15) is 0 Å². The van der Waals surface area contributed by atoms with Crippen molar-refractivity contribution in [1.82, 2.24) is 0 Å². The molecule has 25 heavy (non-hydrogen) atoms. The average Bonchev–Trinajstić information content (AvgIpc) is 2.66. The average molecular weight is 351 g/mol. The molecule has 0 saturated heterocycles. The largest absolute Gasteiger partial charge is 0.420 e. The Morgan fingerprint density at radius 3 is 1.92 bits per heavy atom. The van der Waals surface area contributed by atoms with Gasteiger partial charge in [-0.3, -0.25) is 0 Å². The summed E-state index contributed by atoms with van der Waals surface area (Å²) in [7, 11) is -0.448. The summed E-state index contributed by atoms with van der Waals surface area (Å²) in [4.78, 5) is 14.3. The fourth-order valence-corrected chi connectivity index (χ4v) is 4.46. The third-order valence-corrected chi connectivity index (χ3v) is 5.69. The molecule has 0 amide bonds. The lowest BCUT2D eigenvalue weighted by Gasteiger charge is -2.09. The maximum atomic E-state index is 14.4. The quantitative estimate of drug-likeness (QED) is 0.279. The van der Waals surface area contributed by atoms with Gasteiger partial charge in [0.05, 0.1) is 10.9 Å². The fourth-order valence-electron chi connectivity index (χ4n) is 2.36. The SMILES string of the molecule is C=CC(=O)Oc1ccc([S+](c2ccccc2)c2ccccc2)cc1F. The Morgan fingerprint density at radius 2 is 1.44 bits per heavy atom. The van der Waals surface area contributed by atoms with Gasteiger partial charge in [0.2, 0.25) is 0 Å². The normalized spacial score (nSPS) is 10.5. The molecular weight excluding hydrogens is 335 g/mol. The number of carbonyl (C=O) groups is 1. The van der Waals surface area contributed by atoms with Crippen molar-refractivity contribution in [3.8, 4) is 5.75 Å². The zero-order valence-corrected chi connectivity index (χ0v) is 14.2. The lowest BCUT2D eigenvalue weighted by atomic mass is 10.3. The highest BCUT2D eigenvalue weighted by molar-refractivity contribution is 7.97. The second kappa shape index (κ2) is 7.81. The zero-order valence-electron chi connectivity index (χ0n) is 13.4. The summed E-state index contributed by atoms with van der Waals surface area (Å²) >= 11 is 0. The number of halogens is 1. The van der Waals surface area contributed by atoms with Crippen molar-refractivity contribution in [3.63, 3.8) is 0 Å². The minimum atomic E-state index is -0.684. The molecule has 0 aliphatic heterocycles. The number of benzene rings is 3. The lowest BCUT2D eigenvalue weighted by Crippen LogP contribution is -2.07. The van der Waals surface area contributed by atoms with Gasteiger partial charge >= 0.3 is 5.97 Å². The molecule has 0 unspecified atom stereocenters. The van der Waals surface area contributed by atoms with E-state index in [4.69, 9.17) is 4.74 Å². The van der Waals surface area contributed by atoms with Crippen molar-refractivity contribution in [3.05, 3.63) is 97.3 Å². The first-order valence-corrected chi connectivity index (χ1v) is 8.89. The number of hydrogen-bond donors (Lipinski definition) is 0. The van der Waals surface area contributed by atoms with E-state index in [1.54, 1.807) is 6.07 Å². The molecule has 124 valence electrons. The van der Waals surface area contributed by atoms with Gasteiger partial charge in [-0.2, -0.15) is 0 Å². The molecule has 0 radical (unpaired) electrons. The van der Waals surface area contributed by atoms with Crippen molar-refractivity contribution >= 4 is 16.9 Å². The summed E-state index contributed by atoms with van der Waals surface area (Å²) in [5.74, 6) is -1.35. The molecule has 4 heteroatoms. The standard InChI is InChI=1S/C21H16FO2S/c1-2-21(23)24-20-14-13-18(15-19(20)22)25(16-9-5-3-6-10-16)17-11-7-4-8-12-17/h2-15H,1H2/q+1. The second-order valence-corrected chi connectivity index (χ2v) is 7.18. The first-order chi connectivity index (χ1) is 12.2. The third-order valence-electron chi connectivity index (χ3n) is 3.47. The molecule has 0 aliphatic rings. The summed E-state index contributed by atoms with van der Waals surface area (Å²) in [6.07, 6.45) is 1.01. The molecule has 2 nitrogen and oxygen atoms in total. The van der Waals surface area contributed by atoms with Crippen LogP contribution in [-0.4, -0.2) is 5.97 Å². The van der Waals surface area contributed by atoms with Crippen LogP contribution in [0.2, 0.25) is 0 Å². The molecule has 3 rings (SSSR count). The molecule has 0 heterocycles. The molecule has 0 bridgehead atoms. The Labute approximate surface area is 148 Å². The second-order valence-electron chi connectivity index (χ2n) is 5.15. The molecule has 3 aromatic carbocycles. The highest BCUT2D eigenvalue weighted by Gasteiger charge is 2.29. The van der Waals surface area contributed by atoms with E-state index in [2.05, 4.69) is 6.58 Å². The Kier molecular flexibility index (Phi) is 5.31. The van der Waals surface area contributed by atoms with Crippen LogP contribution in [0.3, 0.4) is 0 Å². The van der Waals surface area contributed by atoms with E-state index in [1.165, 1.54) is 12.1 Å². The number of carbonyl (C=O) groups excluding carboxylic acids is 1. The summed E-state index contributed by atoms with van der Waals surface area (Å²) in [5, 5.41) is 0. The Balaban J connectivity index is 2.04. The van der Waals surface area contributed by atoms with E-state index in [-0.39, 0.29) is 5.75 Å². The molecular formula is C21H16FO2S+. The van der Waals surface area contributed by atoms with Gasteiger partial charge < -0.3 is 4.74 Å². The summed E-state index contributed by atoms with van der Waals surface area (Å²) in [6.45, 7) is 3.32. The highest BCUT2D eigenvalue weighted by Crippen LogP contribution is 2.33. The Bertz CT molecular complexity index is 839. The van der Waals surface area contributed by atoms with Gasteiger partial charge in [-0.1, -0.05) is 43.0 Å². The molecule has 0 spiro atoms. The van der Waals surface area contributed by atoms with Crippen molar-refractivity contribution in [2.75, 3.05) is 0 Å². The summed E-state index contributed by atoms with van der Waals surface area (Å²) in [6, 6.07) is 24.6. The van der Waals surface area contributed by atoms with Crippen molar-refractivity contribution < 1.29 is 13.9 Å². The first kappa shape index (κ1) is 17.0. The number of ether oxygens (including phenoxy) is 1. The fraction of sp³-hybridized carbons (Fsp3) is 0. The van der Waals surface area contributed by atoms with E-state index in [0.717, 1.165) is 20.8 Å². The van der Waals surface area contributed by atoms with E-state index in [1.807, 2.05) is 60.7 Å². The monoisotopic (exact) mass is 351 g/mol. The molecule has 0 atom stereocenters. The van der Waals surface area contributed by atoms with E-state index < -0.39 is 22.7 Å². The smallest absolute Gasteiger partial charge is 0.335 e. The molecule has 0 saturated carbocycles. The van der Waals surface area contributed by atoms with Crippen LogP contribution in [-0.2, 0) is 15.7 Å². The van der Waals surface area contributed by atoms with Crippen LogP contribution in [0.4, 0.5) is 4.39 Å². The van der Waals surface area contributed by atoms with E-state index >= 15 is 0 Å². The zero-order chi connectivity index (χ0) is 17.6. The predicted octanol–water partition coefficient (Wildman–Crippen LogP) is 5.01. The van der Waals surface area contributed by atoms with Gasteiger partial charge in [0.15, 0.2) is 26.3 Å². The molecule has 0 aromatic heterocycles. The van der Waals surface area contributed by atoms with Crippen LogP contribution < -0.4 is 4.74 Å². The van der Waals surface area contributed by atoms with Gasteiger partial charge in [-0.15, -0.1) is 0 Å². The van der Waals surface area contributed by atoms with Gasteiger partial charge in [0.1, 0.15) is 0 Å². The Morgan fingerprint density at radius 1 is 0.880 bits per heavy atom. The van der Waals surface area contributed by atoms with Crippen molar-refractivity contribution in [2.45, 2.75) is 14.7 Å². The van der Waals surface area contributed by atoms with E-state index in [0.29, 0.717) is 0 Å². The van der Waals surface area contributed by atoms with Crippen molar-refractivity contribution in [1.29, 1.82) is 0 Å². The highest BCUT2D eigenvalue weighted by atomic mass is 32.2. The van der Waals surface area contributed by atoms with Gasteiger partial charge in [0.25, 0.3) is 0 Å². The van der Waals surface area contributed by atoms with Gasteiger partial charge in [0, 0.05) is 12.1 Å². The van der Waals surface area contributed by atoms with Crippen LogP contribution in [0.25, 0.3) is 0 Å². The third kappa shape index (κ3) is 3.98. The maximum absolute atomic E-state index is 14.4. The molecule has 3 aromatic rings. The number of hydrogen-bond acceptors (Lipinski definition) is 2. The molecule has 0 N–H and O–H groups in total. The predicted molar refractivity (Wildman–Crippen MR) is 97.3 cm³/mol. The van der Waals surface area contributed by atoms with Crippen LogP contribution in [0.15, 0.2) is 106 Å². The lowest BCUT2D eigenvalue weighted by molar-refractivity contribution is -0.129. The van der Waals surface area contributed by atoms with Crippen LogP contribution in [0, 0.1) is 5.82 Å². The summed E-state index contributed by atoms with van der Waals surface area (Å²) < 4.78 is 19.3. The van der Waals surface area contributed by atoms with Crippen LogP contribution >= 0.6 is 0 Å². The minimum Gasteiger partial charge on any atom is -0.420 e. The number of rotatable bonds is 5.